The van der Waals surface area contributed by atoms with Crippen LogP contribution in [-0.2, 0) is 14.4 Å². The van der Waals surface area contributed by atoms with Crippen LogP contribution in [0.5, 0.6) is 0 Å². The predicted molar refractivity (Wildman–Crippen MR) is 99.4 cm³/mol. The molecule has 0 aromatic heterocycles. The van der Waals surface area contributed by atoms with Crippen molar-refractivity contribution in [2.75, 3.05) is 19.6 Å². The first-order valence-corrected chi connectivity index (χ1v) is 8.44. The Kier molecular flexibility index (Phi) is 7.36. The topological polar surface area (TPSA) is 87.3 Å². The van der Waals surface area contributed by atoms with Gasteiger partial charge >= 0.3 is 0 Å². The zero-order chi connectivity index (χ0) is 18.8. The highest BCUT2D eigenvalue weighted by molar-refractivity contribution is 5.87. The van der Waals surface area contributed by atoms with Gasteiger partial charge in [-0.2, -0.15) is 0 Å². The number of carbonyl (C=O) groups is 3. The monoisotopic (exact) mass is 353 g/mol. The second-order valence-electron chi connectivity index (χ2n) is 5.86. The van der Waals surface area contributed by atoms with E-state index in [1.807, 2.05) is 60.7 Å². The Bertz CT molecular complexity index is 693. The summed E-state index contributed by atoms with van der Waals surface area (Å²) in [5.74, 6) is -0.953. The molecular weight excluding hydrogens is 330 g/mol. The van der Waals surface area contributed by atoms with Gasteiger partial charge in [-0.1, -0.05) is 60.7 Å². The molecule has 3 amide bonds. The van der Waals surface area contributed by atoms with Gasteiger partial charge < -0.3 is 16.0 Å². The number of hydrogen-bond donors (Lipinski definition) is 3. The molecule has 0 fully saturated rings. The molecule has 2 aromatic carbocycles. The zero-order valence-corrected chi connectivity index (χ0v) is 14.7. The molecule has 136 valence electrons. The van der Waals surface area contributed by atoms with E-state index in [0.717, 1.165) is 11.1 Å². The van der Waals surface area contributed by atoms with Crippen LogP contribution in [0.2, 0.25) is 0 Å². The normalized spacial score (nSPS) is 10.2. The highest BCUT2D eigenvalue weighted by Gasteiger charge is 2.15. The van der Waals surface area contributed by atoms with Crippen LogP contribution in [-0.4, -0.2) is 37.4 Å². The molecule has 0 heterocycles. The van der Waals surface area contributed by atoms with Gasteiger partial charge in [0.1, 0.15) is 0 Å². The van der Waals surface area contributed by atoms with Gasteiger partial charge in [-0.25, -0.2) is 0 Å². The van der Waals surface area contributed by atoms with Crippen LogP contribution in [0.3, 0.4) is 0 Å². The van der Waals surface area contributed by atoms with Crippen molar-refractivity contribution in [1.82, 2.24) is 16.0 Å². The smallest absolute Gasteiger partial charge is 0.239 e. The fourth-order valence-electron chi connectivity index (χ4n) is 2.52. The lowest BCUT2D eigenvalue weighted by Crippen LogP contribution is -2.42. The van der Waals surface area contributed by atoms with Crippen molar-refractivity contribution in [3.05, 3.63) is 71.8 Å². The van der Waals surface area contributed by atoms with Gasteiger partial charge in [0.2, 0.25) is 17.7 Å². The van der Waals surface area contributed by atoms with E-state index in [4.69, 9.17) is 0 Å². The second kappa shape index (κ2) is 9.98. The Morgan fingerprint density at radius 1 is 0.731 bits per heavy atom. The molecule has 6 heteroatoms. The van der Waals surface area contributed by atoms with Crippen molar-refractivity contribution in [1.29, 1.82) is 0 Å². The SMILES string of the molecule is CC(=O)NCC(=O)NCC(=O)NCC(c1ccccc1)c1ccccc1. The molecule has 0 spiro atoms. The first-order chi connectivity index (χ1) is 12.6. The van der Waals surface area contributed by atoms with Crippen molar-refractivity contribution in [3.8, 4) is 0 Å². The minimum atomic E-state index is -0.405. The van der Waals surface area contributed by atoms with E-state index in [1.165, 1.54) is 6.92 Å². The minimum Gasteiger partial charge on any atom is -0.354 e. The summed E-state index contributed by atoms with van der Waals surface area (Å²) in [7, 11) is 0. The molecule has 0 unspecified atom stereocenters. The van der Waals surface area contributed by atoms with Crippen molar-refractivity contribution >= 4 is 17.7 Å². The molecule has 2 rings (SSSR count). The summed E-state index contributed by atoms with van der Waals surface area (Å²) >= 11 is 0. The first kappa shape index (κ1) is 19.2. The van der Waals surface area contributed by atoms with E-state index in [9.17, 15) is 14.4 Å². The number of hydrogen-bond acceptors (Lipinski definition) is 3. The summed E-state index contributed by atoms with van der Waals surface area (Å²) in [5, 5.41) is 7.71. The standard InChI is InChI=1S/C20H23N3O3/c1-15(24)21-13-19(25)23-14-20(26)22-12-18(16-8-4-2-5-9-16)17-10-6-3-7-11-17/h2-11,18H,12-14H2,1H3,(H,21,24)(H,22,26)(H,23,25). The summed E-state index contributed by atoms with van der Waals surface area (Å²) in [6.07, 6.45) is 0. The molecule has 0 atom stereocenters. The lowest BCUT2D eigenvalue weighted by Gasteiger charge is -2.19. The Morgan fingerprint density at radius 2 is 1.19 bits per heavy atom. The van der Waals surface area contributed by atoms with Gasteiger partial charge in [0, 0.05) is 19.4 Å². The maximum Gasteiger partial charge on any atom is 0.239 e. The van der Waals surface area contributed by atoms with E-state index < -0.39 is 5.91 Å². The quantitative estimate of drug-likeness (QED) is 0.666. The number of nitrogens with one attached hydrogen (secondary N) is 3. The third-order valence-corrected chi connectivity index (χ3v) is 3.85. The number of carbonyl (C=O) groups excluding carboxylic acids is 3. The highest BCUT2D eigenvalue weighted by atomic mass is 16.2. The van der Waals surface area contributed by atoms with Gasteiger partial charge in [-0.15, -0.1) is 0 Å². The van der Waals surface area contributed by atoms with Crippen molar-refractivity contribution in [3.63, 3.8) is 0 Å². The van der Waals surface area contributed by atoms with E-state index in [0.29, 0.717) is 6.54 Å². The van der Waals surface area contributed by atoms with E-state index in [1.54, 1.807) is 0 Å². The molecule has 0 radical (unpaired) electrons. The van der Waals surface area contributed by atoms with E-state index >= 15 is 0 Å². The van der Waals surface area contributed by atoms with Crippen molar-refractivity contribution in [2.45, 2.75) is 12.8 Å². The summed E-state index contributed by atoms with van der Waals surface area (Å²) in [6, 6.07) is 19.9. The van der Waals surface area contributed by atoms with Gasteiger partial charge in [0.15, 0.2) is 0 Å². The summed E-state index contributed by atoms with van der Waals surface area (Å²) in [4.78, 5) is 34.3. The first-order valence-electron chi connectivity index (χ1n) is 8.44. The molecule has 0 aliphatic carbocycles. The molecule has 0 aliphatic rings. The number of rotatable bonds is 8. The molecule has 3 N–H and O–H groups in total. The Hall–Kier alpha value is -3.15. The molecule has 6 nitrogen and oxygen atoms in total. The lowest BCUT2D eigenvalue weighted by molar-refractivity contribution is -0.127. The highest BCUT2D eigenvalue weighted by Crippen LogP contribution is 2.23. The van der Waals surface area contributed by atoms with Crippen LogP contribution < -0.4 is 16.0 Å². The largest absolute Gasteiger partial charge is 0.354 e. The molecule has 26 heavy (non-hydrogen) atoms. The maximum atomic E-state index is 12.0. The molecule has 0 saturated heterocycles. The average Bonchev–Trinajstić information content (AvgIpc) is 2.66. The van der Waals surface area contributed by atoms with Crippen LogP contribution in [0.15, 0.2) is 60.7 Å². The third kappa shape index (κ3) is 6.39. The molecule has 0 saturated carbocycles. The number of amides is 3. The molecule has 2 aromatic rings. The maximum absolute atomic E-state index is 12.0. The van der Waals surface area contributed by atoms with Gasteiger partial charge in [-0.05, 0) is 11.1 Å². The summed E-state index contributed by atoms with van der Waals surface area (Å²) < 4.78 is 0. The Balaban J connectivity index is 1.90. The zero-order valence-electron chi connectivity index (χ0n) is 14.7. The van der Waals surface area contributed by atoms with Gasteiger partial charge in [0.05, 0.1) is 13.1 Å². The minimum absolute atomic E-state index is 0.0245. The Labute approximate surface area is 153 Å². The molecular formula is C20H23N3O3. The van der Waals surface area contributed by atoms with Crippen LogP contribution in [0.4, 0.5) is 0 Å². The Morgan fingerprint density at radius 3 is 1.69 bits per heavy atom. The van der Waals surface area contributed by atoms with Crippen molar-refractivity contribution < 1.29 is 14.4 Å². The fraction of sp³-hybridized carbons (Fsp3) is 0.250. The van der Waals surface area contributed by atoms with E-state index in [-0.39, 0.29) is 30.8 Å². The van der Waals surface area contributed by atoms with E-state index in [2.05, 4.69) is 16.0 Å². The van der Waals surface area contributed by atoms with Crippen molar-refractivity contribution in [2.24, 2.45) is 0 Å². The fourth-order valence-corrected chi connectivity index (χ4v) is 2.52. The van der Waals surface area contributed by atoms with Crippen LogP contribution >= 0.6 is 0 Å². The summed E-state index contributed by atoms with van der Waals surface area (Å²) in [5.41, 5.74) is 2.21. The van der Waals surface area contributed by atoms with Crippen LogP contribution in [0.1, 0.15) is 24.0 Å². The lowest BCUT2D eigenvalue weighted by atomic mass is 9.91. The molecule has 0 bridgehead atoms. The van der Waals surface area contributed by atoms with Crippen LogP contribution in [0.25, 0.3) is 0 Å². The average molecular weight is 353 g/mol. The van der Waals surface area contributed by atoms with Gasteiger partial charge in [-0.3, -0.25) is 14.4 Å². The predicted octanol–water partition coefficient (Wildman–Crippen LogP) is 1.19. The summed E-state index contributed by atoms with van der Waals surface area (Å²) in [6.45, 7) is 1.48. The van der Waals surface area contributed by atoms with Gasteiger partial charge in [0.25, 0.3) is 0 Å². The van der Waals surface area contributed by atoms with Crippen LogP contribution in [0, 0.1) is 0 Å². The molecule has 0 aliphatic heterocycles. The second-order valence-corrected chi connectivity index (χ2v) is 5.86. The third-order valence-electron chi connectivity index (χ3n) is 3.85. The number of benzene rings is 2.